The summed E-state index contributed by atoms with van der Waals surface area (Å²) in [6, 6.07) is 12.1. The number of aryl methyl sites for hydroxylation is 2. The Hall–Kier alpha value is -2.60. The molecule has 1 unspecified atom stereocenters. The van der Waals surface area contributed by atoms with Gasteiger partial charge in [-0.25, -0.2) is 8.78 Å². The van der Waals surface area contributed by atoms with Crippen molar-refractivity contribution >= 4 is 0 Å². The first-order valence-electron chi connectivity index (χ1n) is 9.69. The molecule has 1 aliphatic heterocycles. The van der Waals surface area contributed by atoms with Crippen LogP contribution in [0.2, 0.25) is 0 Å². The van der Waals surface area contributed by atoms with Gasteiger partial charge >= 0.3 is 0 Å². The Morgan fingerprint density at radius 3 is 2.75 bits per heavy atom. The molecule has 1 aliphatic rings. The normalized spacial score (nSPS) is 17.3. The molecule has 1 atom stereocenters. The molecule has 0 amide bonds. The molecule has 28 heavy (non-hydrogen) atoms. The van der Waals surface area contributed by atoms with Gasteiger partial charge in [0.05, 0.1) is 0 Å². The smallest absolute Gasteiger partial charge is 0.227 e. The molecule has 0 bridgehead atoms. The van der Waals surface area contributed by atoms with Crippen LogP contribution in [0.5, 0.6) is 0 Å². The van der Waals surface area contributed by atoms with Crippen molar-refractivity contribution in [2.75, 3.05) is 13.1 Å². The third kappa shape index (κ3) is 4.12. The lowest BCUT2D eigenvalue weighted by molar-refractivity contribution is 0.249. The Kier molecular flexibility index (Phi) is 5.48. The molecule has 3 aromatic rings. The maximum atomic E-state index is 13.7. The summed E-state index contributed by atoms with van der Waals surface area (Å²) < 4.78 is 32.2. The van der Waals surface area contributed by atoms with Gasteiger partial charge in [-0.2, -0.15) is 4.98 Å². The fourth-order valence-electron chi connectivity index (χ4n) is 3.80. The highest BCUT2D eigenvalue weighted by molar-refractivity contribution is 5.54. The Morgan fingerprint density at radius 1 is 1.14 bits per heavy atom. The van der Waals surface area contributed by atoms with Crippen molar-refractivity contribution in [3.8, 4) is 11.4 Å². The summed E-state index contributed by atoms with van der Waals surface area (Å²) in [7, 11) is 0. The van der Waals surface area contributed by atoms with Crippen molar-refractivity contribution in [2.45, 2.75) is 38.6 Å². The summed E-state index contributed by atoms with van der Waals surface area (Å²) in [6.45, 7) is 3.68. The van der Waals surface area contributed by atoms with Crippen LogP contribution in [0.25, 0.3) is 11.4 Å². The van der Waals surface area contributed by atoms with Crippen molar-refractivity contribution in [1.29, 1.82) is 0 Å². The van der Waals surface area contributed by atoms with Crippen LogP contribution in [0.4, 0.5) is 8.78 Å². The van der Waals surface area contributed by atoms with E-state index in [1.807, 2.05) is 12.1 Å². The monoisotopic (exact) mass is 383 g/mol. The van der Waals surface area contributed by atoms with Gasteiger partial charge in [0.25, 0.3) is 0 Å². The highest BCUT2D eigenvalue weighted by Gasteiger charge is 2.25. The Balaban J connectivity index is 1.34. The number of rotatable bonds is 6. The summed E-state index contributed by atoms with van der Waals surface area (Å²) in [5, 5.41) is 3.98. The standard InChI is InChI=1S/C22H23F2N3O/c1-15-6-7-17(14-19(15)24)22-25-21(28-26-22)5-3-13-27-12-2-4-20(27)16-8-10-18(23)11-9-16/h6-11,14,20H,2-5,12-13H2,1H3. The van der Waals surface area contributed by atoms with E-state index in [2.05, 4.69) is 15.0 Å². The van der Waals surface area contributed by atoms with Gasteiger partial charge < -0.3 is 4.52 Å². The number of aromatic nitrogens is 2. The topological polar surface area (TPSA) is 42.2 Å². The molecule has 4 nitrogen and oxygen atoms in total. The van der Waals surface area contributed by atoms with Crippen molar-refractivity contribution < 1.29 is 13.3 Å². The highest BCUT2D eigenvalue weighted by atomic mass is 19.1. The van der Waals surface area contributed by atoms with E-state index in [0.717, 1.165) is 32.4 Å². The molecule has 0 aliphatic carbocycles. The first-order valence-corrected chi connectivity index (χ1v) is 9.69. The van der Waals surface area contributed by atoms with Gasteiger partial charge in [0, 0.05) is 18.0 Å². The van der Waals surface area contributed by atoms with Gasteiger partial charge in [-0.3, -0.25) is 4.90 Å². The Labute approximate surface area is 163 Å². The van der Waals surface area contributed by atoms with E-state index in [1.165, 1.54) is 23.8 Å². The number of nitrogens with zero attached hydrogens (tertiary/aromatic N) is 3. The summed E-state index contributed by atoms with van der Waals surface area (Å²) in [5.74, 6) is 0.506. The van der Waals surface area contributed by atoms with Crippen LogP contribution in [0.15, 0.2) is 47.0 Å². The molecule has 0 saturated carbocycles. The van der Waals surface area contributed by atoms with Gasteiger partial charge in [-0.05, 0) is 68.6 Å². The fourth-order valence-corrected chi connectivity index (χ4v) is 3.80. The second-order valence-corrected chi connectivity index (χ2v) is 7.32. The quantitative estimate of drug-likeness (QED) is 0.594. The second kappa shape index (κ2) is 8.19. The van der Waals surface area contributed by atoms with Gasteiger partial charge in [0.2, 0.25) is 11.7 Å². The molecule has 2 aromatic carbocycles. The first-order chi connectivity index (χ1) is 13.6. The maximum Gasteiger partial charge on any atom is 0.227 e. The zero-order valence-electron chi connectivity index (χ0n) is 15.9. The van der Waals surface area contributed by atoms with Crippen molar-refractivity contribution in [1.82, 2.24) is 15.0 Å². The SMILES string of the molecule is Cc1ccc(-c2noc(CCCN3CCCC3c3ccc(F)cc3)n2)cc1F. The highest BCUT2D eigenvalue weighted by Crippen LogP contribution is 2.32. The molecule has 146 valence electrons. The van der Waals surface area contributed by atoms with Gasteiger partial charge in [-0.15, -0.1) is 0 Å². The van der Waals surface area contributed by atoms with E-state index in [-0.39, 0.29) is 11.6 Å². The van der Waals surface area contributed by atoms with E-state index in [1.54, 1.807) is 19.1 Å². The number of benzene rings is 2. The zero-order chi connectivity index (χ0) is 19.5. The van der Waals surface area contributed by atoms with Crippen LogP contribution in [-0.2, 0) is 6.42 Å². The summed E-state index contributed by atoms with van der Waals surface area (Å²) >= 11 is 0. The van der Waals surface area contributed by atoms with Crippen LogP contribution < -0.4 is 0 Å². The number of hydrogen-bond donors (Lipinski definition) is 0. The molecule has 1 fully saturated rings. The first kappa shape index (κ1) is 18.7. The van der Waals surface area contributed by atoms with Crippen LogP contribution in [0, 0.1) is 18.6 Å². The van der Waals surface area contributed by atoms with Crippen molar-refractivity contribution in [3.05, 3.63) is 71.1 Å². The number of hydrogen-bond acceptors (Lipinski definition) is 4. The molecule has 1 saturated heterocycles. The zero-order valence-corrected chi connectivity index (χ0v) is 15.9. The summed E-state index contributed by atoms with van der Waals surface area (Å²) in [4.78, 5) is 6.83. The lowest BCUT2D eigenvalue weighted by atomic mass is 10.0. The van der Waals surface area contributed by atoms with Crippen molar-refractivity contribution in [2.24, 2.45) is 0 Å². The third-order valence-electron chi connectivity index (χ3n) is 5.35. The predicted molar refractivity (Wildman–Crippen MR) is 103 cm³/mol. The predicted octanol–water partition coefficient (Wildman–Crippen LogP) is 5.09. The molecule has 2 heterocycles. The number of likely N-dealkylation sites (tertiary alicyclic amines) is 1. The van der Waals surface area contributed by atoms with Crippen LogP contribution in [0.1, 0.15) is 42.3 Å². The number of halogens is 2. The van der Waals surface area contributed by atoms with E-state index >= 15 is 0 Å². The Bertz CT molecular complexity index is 939. The van der Waals surface area contributed by atoms with E-state index in [0.29, 0.717) is 35.3 Å². The van der Waals surface area contributed by atoms with Crippen molar-refractivity contribution in [3.63, 3.8) is 0 Å². The van der Waals surface area contributed by atoms with E-state index in [9.17, 15) is 8.78 Å². The average molecular weight is 383 g/mol. The van der Waals surface area contributed by atoms with E-state index in [4.69, 9.17) is 4.52 Å². The second-order valence-electron chi connectivity index (χ2n) is 7.32. The fraction of sp³-hybridized carbons (Fsp3) is 0.364. The molecule has 1 aromatic heterocycles. The van der Waals surface area contributed by atoms with Gasteiger partial charge in [0.15, 0.2) is 0 Å². The lowest BCUT2D eigenvalue weighted by Crippen LogP contribution is -2.24. The maximum absolute atomic E-state index is 13.7. The van der Waals surface area contributed by atoms with Crippen LogP contribution >= 0.6 is 0 Å². The molecule has 4 rings (SSSR count). The molecular formula is C22H23F2N3O. The minimum atomic E-state index is -0.273. The third-order valence-corrected chi connectivity index (χ3v) is 5.35. The summed E-state index contributed by atoms with van der Waals surface area (Å²) in [5.41, 5.74) is 2.38. The van der Waals surface area contributed by atoms with Gasteiger partial charge in [0.1, 0.15) is 11.6 Å². The van der Waals surface area contributed by atoms with Gasteiger partial charge in [-0.1, -0.05) is 29.4 Å². The molecule has 6 heteroatoms. The average Bonchev–Trinajstić information content (AvgIpc) is 3.35. The van der Waals surface area contributed by atoms with Crippen LogP contribution in [-0.4, -0.2) is 28.1 Å². The summed E-state index contributed by atoms with van der Waals surface area (Å²) in [6.07, 6.45) is 3.80. The Morgan fingerprint density at radius 2 is 1.96 bits per heavy atom. The minimum Gasteiger partial charge on any atom is -0.339 e. The minimum absolute atomic E-state index is 0.200. The lowest BCUT2D eigenvalue weighted by Gasteiger charge is -2.24. The molecular weight excluding hydrogens is 360 g/mol. The largest absolute Gasteiger partial charge is 0.339 e. The van der Waals surface area contributed by atoms with E-state index < -0.39 is 0 Å². The van der Waals surface area contributed by atoms with Crippen LogP contribution in [0.3, 0.4) is 0 Å². The molecule has 0 spiro atoms. The molecule has 0 N–H and O–H groups in total. The molecule has 0 radical (unpaired) electrons.